The Balaban J connectivity index is 1.63. The minimum absolute atomic E-state index is 0.0940. The zero-order valence-corrected chi connectivity index (χ0v) is 19.2. The average Bonchev–Trinajstić information content (AvgIpc) is 3.15. The van der Waals surface area contributed by atoms with Crippen molar-refractivity contribution in [2.24, 2.45) is 5.41 Å². The Kier molecular flexibility index (Phi) is 7.49. The number of piperazine rings is 1. The van der Waals surface area contributed by atoms with Crippen molar-refractivity contribution in [3.63, 3.8) is 0 Å². The Bertz CT molecular complexity index is 932. The summed E-state index contributed by atoms with van der Waals surface area (Å²) in [4.78, 5) is 28.4. The maximum absolute atomic E-state index is 12.7. The third-order valence-corrected chi connectivity index (χ3v) is 6.41. The highest BCUT2D eigenvalue weighted by Gasteiger charge is 2.60. The number of rotatable bonds is 5. The highest BCUT2D eigenvalue weighted by Crippen LogP contribution is 2.37. The zero-order chi connectivity index (χ0) is 26.2. The van der Waals surface area contributed by atoms with Gasteiger partial charge in [0.2, 0.25) is 0 Å². The van der Waals surface area contributed by atoms with Crippen LogP contribution in [0.25, 0.3) is 0 Å². The molecule has 0 saturated carbocycles. The fraction of sp³-hybridized carbons (Fsp3) is 0.636. The molecule has 0 spiro atoms. The van der Waals surface area contributed by atoms with Crippen LogP contribution >= 0.6 is 0 Å². The molecule has 35 heavy (non-hydrogen) atoms. The van der Waals surface area contributed by atoms with Crippen LogP contribution in [0.4, 0.5) is 36.8 Å². The number of carbonyl (C=O) groups is 2. The number of hydrogen-bond donors (Lipinski definition) is 1. The second kappa shape index (κ2) is 9.75. The summed E-state index contributed by atoms with van der Waals surface area (Å²) < 4.78 is 79.8. The first kappa shape index (κ1) is 26.9. The van der Waals surface area contributed by atoms with E-state index in [-0.39, 0.29) is 26.2 Å². The molecule has 0 aliphatic carbocycles. The largest absolute Gasteiger partial charge is 0.481 e. The Morgan fingerprint density at radius 3 is 2.17 bits per heavy atom. The van der Waals surface area contributed by atoms with Gasteiger partial charge in [-0.1, -0.05) is 12.1 Å². The first-order chi connectivity index (χ1) is 16.1. The Hall–Kier alpha value is -2.70. The average molecular weight is 511 g/mol. The van der Waals surface area contributed by atoms with Gasteiger partial charge in [0.05, 0.1) is 5.41 Å². The predicted octanol–water partition coefficient (Wildman–Crippen LogP) is 4.04. The number of carbonyl (C=O) groups excluding carboxylic acids is 1. The molecule has 3 rings (SSSR count). The summed E-state index contributed by atoms with van der Waals surface area (Å²) in [7, 11) is 0. The smallest absolute Gasteiger partial charge is 0.434 e. The molecule has 1 N–H and O–H groups in total. The van der Waals surface area contributed by atoms with Gasteiger partial charge in [0.25, 0.3) is 6.10 Å². The van der Waals surface area contributed by atoms with Crippen molar-refractivity contribution < 1.29 is 45.8 Å². The fourth-order valence-electron chi connectivity index (χ4n) is 4.27. The van der Waals surface area contributed by atoms with E-state index in [1.807, 2.05) is 34.9 Å². The van der Waals surface area contributed by atoms with Crippen molar-refractivity contribution in [3.8, 4) is 0 Å². The van der Waals surface area contributed by atoms with Crippen LogP contribution in [0.2, 0.25) is 0 Å². The molecule has 1 atom stereocenters. The number of nitrogens with zero attached hydrogens (tertiary/aromatic N) is 3. The SMILES string of the molecule is Cc1ccc(CN2CCN(C(=O)OC(C(F)(F)F)C(F)(F)F)CC2)c(N2CCC(C)(C(=O)O)C2)c1. The summed E-state index contributed by atoms with van der Waals surface area (Å²) in [6.45, 7) is 5.20. The molecular weight excluding hydrogens is 484 g/mol. The first-order valence-electron chi connectivity index (χ1n) is 11.0. The van der Waals surface area contributed by atoms with E-state index in [1.165, 1.54) is 0 Å². The molecule has 2 aliphatic heterocycles. The summed E-state index contributed by atoms with van der Waals surface area (Å²) in [6, 6.07) is 5.79. The van der Waals surface area contributed by atoms with Crippen LogP contribution in [0.3, 0.4) is 0 Å². The third-order valence-electron chi connectivity index (χ3n) is 6.41. The minimum Gasteiger partial charge on any atom is -0.481 e. The molecule has 2 heterocycles. The molecule has 196 valence electrons. The van der Waals surface area contributed by atoms with E-state index >= 15 is 0 Å². The molecule has 1 amide bonds. The van der Waals surface area contributed by atoms with Gasteiger partial charge >= 0.3 is 24.4 Å². The highest BCUT2D eigenvalue weighted by molar-refractivity contribution is 5.76. The van der Waals surface area contributed by atoms with Gasteiger partial charge in [0.1, 0.15) is 0 Å². The maximum atomic E-state index is 12.7. The number of alkyl halides is 6. The van der Waals surface area contributed by atoms with Gasteiger partial charge in [-0.3, -0.25) is 9.69 Å². The number of carboxylic acids is 1. The number of hydrogen-bond acceptors (Lipinski definition) is 5. The van der Waals surface area contributed by atoms with Crippen molar-refractivity contribution in [1.29, 1.82) is 0 Å². The third kappa shape index (κ3) is 6.30. The van der Waals surface area contributed by atoms with Crippen LogP contribution in [-0.2, 0) is 16.1 Å². The van der Waals surface area contributed by atoms with Gasteiger partial charge in [-0.2, -0.15) is 26.3 Å². The van der Waals surface area contributed by atoms with Crippen LogP contribution in [0.15, 0.2) is 18.2 Å². The number of amides is 1. The van der Waals surface area contributed by atoms with Crippen molar-refractivity contribution in [3.05, 3.63) is 29.3 Å². The zero-order valence-electron chi connectivity index (χ0n) is 19.2. The molecule has 0 aromatic heterocycles. The van der Waals surface area contributed by atoms with E-state index < -0.39 is 35.9 Å². The molecule has 13 heteroatoms. The van der Waals surface area contributed by atoms with E-state index in [0.29, 0.717) is 26.1 Å². The quantitative estimate of drug-likeness (QED) is 0.602. The van der Waals surface area contributed by atoms with Gasteiger partial charge in [0, 0.05) is 51.5 Å². The molecule has 2 saturated heterocycles. The summed E-state index contributed by atoms with van der Waals surface area (Å²) in [6.07, 6.45) is -16.9. The van der Waals surface area contributed by atoms with Crippen LogP contribution in [-0.4, -0.2) is 84.7 Å². The summed E-state index contributed by atoms with van der Waals surface area (Å²) in [5.41, 5.74) is 1.92. The van der Waals surface area contributed by atoms with E-state index in [4.69, 9.17) is 0 Å². The van der Waals surface area contributed by atoms with E-state index in [2.05, 4.69) is 4.74 Å². The van der Waals surface area contributed by atoms with Gasteiger partial charge in [-0.25, -0.2) is 4.79 Å². The fourth-order valence-corrected chi connectivity index (χ4v) is 4.27. The lowest BCUT2D eigenvalue weighted by molar-refractivity contribution is -0.308. The number of aliphatic carboxylic acids is 1. The van der Waals surface area contributed by atoms with Crippen molar-refractivity contribution in [1.82, 2.24) is 9.80 Å². The number of halogens is 6. The van der Waals surface area contributed by atoms with Crippen molar-refractivity contribution in [2.45, 2.75) is 45.3 Å². The molecular formula is C22H27F6N3O4. The molecule has 7 nitrogen and oxygen atoms in total. The first-order valence-corrected chi connectivity index (χ1v) is 11.0. The summed E-state index contributed by atoms with van der Waals surface area (Å²) >= 11 is 0. The molecule has 1 aromatic carbocycles. The standard InChI is InChI=1S/C22H27F6N3O4/c1-14-3-4-15(16(11-14)31-6-5-20(2,13-31)18(32)33)12-29-7-9-30(10-8-29)19(34)35-17(21(23,24)25)22(26,27)28/h3-4,11,17H,5-10,12-13H2,1-2H3,(H,32,33). The van der Waals surface area contributed by atoms with Crippen LogP contribution in [0.5, 0.6) is 0 Å². The lowest BCUT2D eigenvalue weighted by atomic mass is 9.90. The van der Waals surface area contributed by atoms with Crippen molar-refractivity contribution in [2.75, 3.05) is 44.2 Å². The second-order valence-corrected chi connectivity index (χ2v) is 9.28. The lowest BCUT2D eigenvalue weighted by Crippen LogP contribution is -2.52. The summed E-state index contributed by atoms with van der Waals surface area (Å²) in [5, 5.41) is 9.53. The predicted molar refractivity (Wildman–Crippen MR) is 113 cm³/mol. The number of anilines is 1. The molecule has 2 fully saturated rings. The minimum atomic E-state index is -5.76. The maximum Gasteiger partial charge on any atom is 0.434 e. The molecule has 1 unspecified atom stereocenters. The lowest BCUT2D eigenvalue weighted by Gasteiger charge is -2.36. The highest BCUT2D eigenvalue weighted by atomic mass is 19.4. The van der Waals surface area contributed by atoms with E-state index in [0.717, 1.165) is 21.7 Å². The van der Waals surface area contributed by atoms with Gasteiger partial charge in [-0.05, 0) is 37.5 Å². The monoisotopic (exact) mass is 511 g/mol. The Labute approximate surface area is 198 Å². The topological polar surface area (TPSA) is 73.3 Å². The Morgan fingerprint density at radius 2 is 1.66 bits per heavy atom. The number of aryl methyl sites for hydroxylation is 1. The van der Waals surface area contributed by atoms with Crippen molar-refractivity contribution >= 4 is 17.7 Å². The normalized spacial score (nSPS) is 22.1. The van der Waals surface area contributed by atoms with Gasteiger partial charge in [0.15, 0.2) is 0 Å². The number of carboxylic acid groups (broad SMARTS) is 1. The summed E-state index contributed by atoms with van der Waals surface area (Å²) in [5.74, 6) is -0.865. The van der Waals surface area contributed by atoms with Crippen LogP contribution < -0.4 is 4.90 Å². The Morgan fingerprint density at radius 1 is 1.06 bits per heavy atom. The van der Waals surface area contributed by atoms with Crippen LogP contribution in [0, 0.1) is 12.3 Å². The van der Waals surface area contributed by atoms with E-state index in [1.54, 1.807) is 6.92 Å². The molecule has 2 aliphatic rings. The number of ether oxygens (including phenoxy) is 1. The van der Waals surface area contributed by atoms with E-state index in [9.17, 15) is 41.0 Å². The molecule has 0 bridgehead atoms. The second-order valence-electron chi connectivity index (χ2n) is 9.28. The molecule has 1 aromatic rings. The van der Waals surface area contributed by atoms with Crippen LogP contribution in [0.1, 0.15) is 24.5 Å². The van der Waals surface area contributed by atoms with Gasteiger partial charge in [-0.15, -0.1) is 0 Å². The van der Waals surface area contributed by atoms with Gasteiger partial charge < -0.3 is 19.6 Å². The molecule has 0 radical (unpaired) electrons. The number of benzene rings is 1.